The first kappa shape index (κ1) is 19.1. The fourth-order valence-corrected chi connectivity index (χ4v) is 2.37. The standard InChI is InChI=1S/C14H14N2.C9H12O/c15-13-9-8-12(14(16)10-13)7-6-11-4-2-1-3-5-11;1-3-10-9-6-4-5-8(2)7-9/h1-10H,15-16H2;4-7H,3H2,1-2H3. The highest BCUT2D eigenvalue weighted by Crippen LogP contribution is 2.18. The number of aryl methyl sites for hydroxylation is 1. The van der Waals surface area contributed by atoms with Gasteiger partial charge in [0.05, 0.1) is 6.61 Å². The van der Waals surface area contributed by atoms with Gasteiger partial charge in [-0.2, -0.15) is 0 Å². The van der Waals surface area contributed by atoms with Crippen LogP contribution >= 0.6 is 0 Å². The van der Waals surface area contributed by atoms with Gasteiger partial charge in [-0.3, -0.25) is 0 Å². The SMILES string of the molecule is CCOc1cccc(C)c1.Nc1ccc(C=Cc2ccccc2)c(N)c1. The van der Waals surface area contributed by atoms with Crippen LogP contribution in [0.3, 0.4) is 0 Å². The van der Waals surface area contributed by atoms with Crippen molar-refractivity contribution in [2.24, 2.45) is 0 Å². The Labute approximate surface area is 155 Å². The van der Waals surface area contributed by atoms with Gasteiger partial charge in [0.1, 0.15) is 5.75 Å². The summed E-state index contributed by atoms with van der Waals surface area (Å²) in [6, 6.07) is 23.7. The lowest BCUT2D eigenvalue weighted by Gasteiger charge is -2.01. The summed E-state index contributed by atoms with van der Waals surface area (Å²) < 4.78 is 5.29. The number of ether oxygens (including phenoxy) is 1. The molecule has 3 heteroatoms. The van der Waals surface area contributed by atoms with E-state index in [1.54, 1.807) is 6.07 Å². The molecule has 4 N–H and O–H groups in total. The van der Waals surface area contributed by atoms with Gasteiger partial charge in [-0.1, -0.05) is 60.7 Å². The zero-order valence-electron chi connectivity index (χ0n) is 15.4. The lowest BCUT2D eigenvalue weighted by Crippen LogP contribution is -1.92. The second-order valence-corrected chi connectivity index (χ2v) is 5.88. The van der Waals surface area contributed by atoms with Gasteiger partial charge in [0.25, 0.3) is 0 Å². The van der Waals surface area contributed by atoms with Crippen LogP contribution in [0, 0.1) is 6.92 Å². The van der Waals surface area contributed by atoms with Crippen molar-refractivity contribution in [2.75, 3.05) is 18.1 Å². The lowest BCUT2D eigenvalue weighted by atomic mass is 10.1. The van der Waals surface area contributed by atoms with Crippen molar-refractivity contribution in [3.63, 3.8) is 0 Å². The molecule has 0 amide bonds. The molecule has 3 rings (SSSR count). The molecule has 0 bridgehead atoms. The summed E-state index contributed by atoms with van der Waals surface area (Å²) in [6.07, 6.45) is 4.02. The Morgan fingerprint density at radius 1 is 0.846 bits per heavy atom. The quantitative estimate of drug-likeness (QED) is 0.490. The van der Waals surface area contributed by atoms with Crippen molar-refractivity contribution in [1.82, 2.24) is 0 Å². The van der Waals surface area contributed by atoms with Crippen molar-refractivity contribution >= 4 is 23.5 Å². The maximum Gasteiger partial charge on any atom is 0.119 e. The summed E-state index contributed by atoms with van der Waals surface area (Å²) in [5.74, 6) is 0.961. The third kappa shape index (κ3) is 6.36. The van der Waals surface area contributed by atoms with E-state index in [0.717, 1.165) is 23.5 Å². The summed E-state index contributed by atoms with van der Waals surface area (Å²) in [5.41, 5.74) is 16.3. The molecule has 0 aliphatic rings. The molecule has 134 valence electrons. The molecule has 0 unspecified atom stereocenters. The first-order valence-electron chi connectivity index (χ1n) is 8.66. The Morgan fingerprint density at radius 2 is 1.62 bits per heavy atom. The molecular weight excluding hydrogens is 320 g/mol. The van der Waals surface area contributed by atoms with E-state index in [0.29, 0.717) is 11.4 Å². The highest BCUT2D eigenvalue weighted by atomic mass is 16.5. The van der Waals surface area contributed by atoms with Gasteiger partial charge in [0, 0.05) is 11.4 Å². The monoisotopic (exact) mass is 346 g/mol. The van der Waals surface area contributed by atoms with E-state index in [2.05, 4.69) is 13.0 Å². The zero-order valence-corrected chi connectivity index (χ0v) is 15.4. The lowest BCUT2D eigenvalue weighted by molar-refractivity contribution is 0.340. The van der Waals surface area contributed by atoms with E-state index >= 15 is 0 Å². The third-order valence-electron chi connectivity index (χ3n) is 3.67. The fourth-order valence-electron chi connectivity index (χ4n) is 2.37. The average molecular weight is 346 g/mol. The average Bonchev–Trinajstić information content (AvgIpc) is 2.63. The van der Waals surface area contributed by atoms with E-state index in [-0.39, 0.29) is 0 Å². The number of rotatable bonds is 4. The van der Waals surface area contributed by atoms with Crippen molar-refractivity contribution in [1.29, 1.82) is 0 Å². The molecule has 0 radical (unpaired) electrons. The molecule has 0 saturated carbocycles. The molecule has 0 aliphatic carbocycles. The number of hydrogen-bond donors (Lipinski definition) is 2. The minimum atomic E-state index is 0.689. The van der Waals surface area contributed by atoms with Crippen LogP contribution in [0.4, 0.5) is 11.4 Å². The Balaban J connectivity index is 0.000000209. The van der Waals surface area contributed by atoms with Crippen LogP contribution in [0.2, 0.25) is 0 Å². The van der Waals surface area contributed by atoms with E-state index in [1.165, 1.54) is 5.56 Å². The molecule has 3 nitrogen and oxygen atoms in total. The minimum absolute atomic E-state index is 0.689. The van der Waals surface area contributed by atoms with Gasteiger partial charge in [-0.05, 0) is 54.8 Å². The molecule has 0 heterocycles. The molecular formula is C23H26N2O. The largest absolute Gasteiger partial charge is 0.494 e. The van der Waals surface area contributed by atoms with Crippen molar-refractivity contribution in [3.8, 4) is 5.75 Å². The summed E-state index contributed by atoms with van der Waals surface area (Å²) in [7, 11) is 0. The predicted octanol–water partition coefficient (Wildman–Crippen LogP) is 5.42. The second-order valence-electron chi connectivity index (χ2n) is 5.88. The molecule has 3 aromatic rings. The molecule has 0 spiro atoms. The molecule has 0 atom stereocenters. The van der Waals surface area contributed by atoms with Gasteiger partial charge < -0.3 is 16.2 Å². The highest BCUT2D eigenvalue weighted by Gasteiger charge is 1.95. The summed E-state index contributed by atoms with van der Waals surface area (Å²) in [5, 5.41) is 0. The maximum atomic E-state index is 5.85. The maximum absolute atomic E-state index is 5.85. The van der Waals surface area contributed by atoms with Crippen LogP contribution in [0.5, 0.6) is 5.75 Å². The topological polar surface area (TPSA) is 61.3 Å². The number of anilines is 2. The summed E-state index contributed by atoms with van der Waals surface area (Å²) in [6.45, 7) is 4.79. The van der Waals surface area contributed by atoms with Crippen LogP contribution in [-0.4, -0.2) is 6.61 Å². The van der Waals surface area contributed by atoms with Crippen LogP contribution in [-0.2, 0) is 0 Å². The summed E-state index contributed by atoms with van der Waals surface area (Å²) in [4.78, 5) is 0. The fraction of sp³-hybridized carbons (Fsp3) is 0.130. The Bertz CT molecular complexity index is 842. The number of benzene rings is 3. The molecule has 3 aromatic carbocycles. The minimum Gasteiger partial charge on any atom is -0.494 e. The van der Waals surface area contributed by atoms with Crippen LogP contribution in [0.25, 0.3) is 12.2 Å². The molecule has 0 saturated heterocycles. The first-order valence-corrected chi connectivity index (χ1v) is 8.66. The van der Waals surface area contributed by atoms with Gasteiger partial charge in [-0.25, -0.2) is 0 Å². The Morgan fingerprint density at radius 3 is 2.27 bits per heavy atom. The zero-order chi connectivity index (χ0) is 18.8. The third-order valence-corrected chi connectivity index (χ3v) is 3.67. The van der Waals surface area contributed by atoms with Crippen LogP contribution in [0.1, 0.15) is 23.6 Å². The van der Waals surface area contributed by atoms with E-state index in [4.69, 9.17) is 16.2 Å². The van der Waals surface area contributed by atoms with Crippen LogP contribution < -0.4 is 16.2 Å². The Kier molecular flexibility index (Phi) is 7.31. The molecule has 26 heavy (non-hydrogen) atoms. The number of nitrogens with two attached hydrogens (primary N) is 2. The van der Waals surface area contributed by atoms with Crippen molar-refractivity contribution < 1.29 is 4.74 Å². The predicted molar refractivity (Wildman–Crippen MR) is 113 cm³/mol. The van der Waals surface area contributed by atoms with E-state index in [9.17, 15) is 0 Å². The van der Waals surface area contributed by atoms with E-state index < -0.39 is 0 Å². The molecule has 0 aromatic heterocycles. The normalized spacial score (nSPS) is 10.2. The number of nitrogen functional groups attached to an aromatic ring is 2. The van der Waals surface area contributed by atoms with Gasteiger partial charge in [0.15, 0.2) is 0 Å². The summed E-state index contributed by atoms with van der Waals surface area (Å²) >= 11 is 0. The molecule has 0 fully saturated rings. The molecule has 0 aliphatic heterocycles. The van der Waals surface area contributed by atoms with Gasteiger partial charge >= 0.3 is 0 Å². The van der Waals surface area contributed by atoms with Gasteiger partial charge in [0.2, 0.25) is 0 Å². The first-order chi connectivity index (χ1) is 12.6. The Hall–Kier alpha value is -3.20. The second kappa shape index (κ2) is 9.94. The number of hydrogen-bond acceptors (Lipinski definition) is 3. The van der Waals surface area contributed by atoms with Crippen molar-refractivity contribution in [3.05, 3.63) is 89.5 Å². The van der Waals surface area contributed by atoms with E-state index in [1.807, 2.05) is 79.7 Å². The van der Waals surface area contributed by atoms with Crippen molar-refractivity contribution in [2.45, 2.75) is 13.8 Å². The van der Waals surface area contributed by atoms with Crippen LogP contribution in [0.15, 0.2) is 72.8 Å². The van der Waals surface area contributed by atoms with Gasteiger partial charge in [-0.15, -0.1) is 0 Å². The highest BCUT2D eigenvalue weighted by molar-refractivity contribution is 5.77. The smallest absolute Gasteiger partial charge is 0.119 e.